The molecule has 0 amide bonds. The van der Waals surface area contributed by atoms with Crippen molar-refractivity contribution in [2.45, 2.75) is 82.5 Å². The molecule has 18 heavy (non-hydrogen) atoms. The molecule has 1 heterocycles. The van der Waals surface area contributed by atoms with Crippen molar-refractivity contribution in [2.24, 2.45) is 11.8 Å². The third-order valence-corrected chi connectivity index (χ3v) is 5.59. The van der Waals surface area contributed by atoms with E-state index in [1.165, 1.54) is 64.2 Å². The van der Waals surface area contributed by atoms with Crippen LogP contribution >= 0.6 is 0 Å². The third-order valence-electron chi connectivity index (χ3n) is 5.59. The van der Waals surface area contributed by atoms with Crippen LogP contribution in [-0.4, -0.2) is 25.4 Å². The highest BCUT2D eigenvalue weighted by atomic mass is 16.5. The van der Waals surface area contributed by atoms with Gasteiger partial charge in [0.2, 0.25) is 0 Å². The second kappa shape index (κ2) is 5.92. The van der Waals surface area contributed by atoms with Gasteiger partial charge in [-0.05, 0) is 63.2 Å². The minimum atomic E-state index is 0.521. The summed E-state index contributed by atoms with van der Waals surface area (Å²) < 4.78 is 11.9. The molecule has 0 aromatic rings. The van der Waals surface area contributed by atoms with E-state index in [2.05, 4.69) is 0 Å². The monoisotopic (exact) mass is 252 g/mol. The maximum Gasteiger partial charge on any atom is 0.0607 e. The first-order valence-electron chi connectivity index (χ1n) is 8.05. The summed E-state index contributed by atoms with van der Waals surface area (Å²) in [6.45, 7) is 0. The van der Waals surface area contributed by atoms with Crippen LogP contribution in [0.5, 0.6) is 0 Å². The fourth-order valence-electron chi connectivity index (χ4n) is 4.40. The second-order valence-corrected chi connectivity index (χ2v) is 6.61. The van der Waals surface area contributed by atoms with Crippen LogP contribution in [0.15, 0.2) is 0 Å². The maximum absolute atomic E-state index is 6.46. The van der Waals surface area contributed by atoms with Crippen LogP contribution in [0.1, 0.15) is 64.2 Å². The van der Waals surface area contributed by atoms with Gasteiger partial charge < -0.3 is 9.47 Å². The van der Waals surface area contributed by atoms with Crippen LogP contribution in [0.25, 0.3) is 0 Å². The van der Waals surface area contributed by atoms with Crippen molar-refractivity contribution in [3.63, 3.8) is 0 Å². The largest absolute Gasteiger partial charge is 0.381 e. The Labute approximate surface area is 111 Å². The van der Waals surface area contributed by atoms with Crippen molar-refractivity contribution in [1.82, 2.24) is 0 Å². The fourth-order valence-corrected chi connectivity index (χ4v) is 4.40. The van der Waals surface area contributed by atoms with Crippen LogP contribution in [0, 0.1) is 11.8 Å². The Morgan fingerprint density at radius 3 is 2.11 bits per heavy atom. The average molecular weight is 252 g/mol. The first-order chi connectivity index (χ1) is 8.86. The third kappa shape index (κ3) is 2.75. The van der Waals surface area contributed by atoms with Crippen molar-refractivity contribution in [3.8, 4) is 0 Å². The molecular formula is C16H28O2. The molecule has 0 spiro atoms. The molecule has 2 saturated carbocycles. The lowest BCUT2D eigenvalue weighted by molar-refractivity contribution is -0.128. The average Bonchev–Trinajstić information content (AvgIpc) is 2.47. The summed E-state index contributed by atoms with van der Waals surface area (Å²) in [4.78, 5) is 0. The first kappa shape index (κ1) is 12.9. The van der Waals surface area contributed by atoms with E-state index in [9.17, 15) is 0 Å². The Bertz CT molecular complexity index is 258. The SMILES string of the molecule is COC1CCC(C2CCC3CCCCC3O2)CC1. The highest BCUT2D eigenvalue weighted by Gasteiger charge is 2.37. The van der Waals surface area contributed by atoms with Gasteiger partial charge in [0, 0.05) is 7.11 Å². The molecule has 1 saturated heterocycles. The molecule has 3 fully saturated rings. The van der Waals surface area contributed by atoms with E-state index in [1.54, 1.807) is 0 Å². The Morgan fingerprint density at radius 1 is 0.722 bits per heavy atom. The maximum atomic E-state index is 6.46. The molecule has 0 radical (unpaired) electrons. The van der Waals surface area contributed by atoms with E-state index in [4.69, 9.17) is 9.47 Å². The van der Waals surface area contributed by atoms with E-state index >= 15 is 0 Å². The normalized spacial score (nSPS) is 45.5. The van der Waals surface area contributed by atoms with E-state index in [1.807, 2.05) is 7.11 Å². The van der Waals surface area contributed by atoms with Crippen LogP contribution < -0.4 is 0 Å². The minimum Gasteiger partial charge on any atom is -0.381 e. The number of fused-ring (bicyclic) bond motifs is 1. The van der Waals surface area contributed by atoms with E-state index in [-0.39, 0.29) is 0 Å². The number of rotatable bonds is 2. The Kier molecular flexibility index (Phi) is 4.25. The molecule has 2 aliphatic carbocycles. The Hall–Kier alpha value is -0.0800. The lowest BCUT2D eigenvalue weighted by atomic mass is 9.76. The smallest absolute Gasteiger partial charge is 0.0607 e. The molecule has 0 N–H and O–H groups in total. The second-order valence-electron chi connectivity index (χ2n) is 6.61. The van der Waals surface area contributed by atoms with Crippen molar-refractivity contribution in [1.29, 1.82) is 0 Å². The van der Waals surface area contributed by atoms with Gasteiger partial charge in [0.05, 0.1) is 18.3 Å². The zero-order valence-electron chi connectivity index (χ0n) is 11.8. The van der Waals surface area contributed by atoms with Gasteiger partial charge in [-0.2, -0.15) is 0 Å². The molecule has 104 valence electrons. The number of hydrogen-bond acceptors (Lipinski definition) is 2. The summed E-state index contributed by atoms with van der Waals surface area (Å²) in [7, 11) is 1.86. The molecule has 3 unspecified atom stereocenters. The fraction of sp³-hybridized carbons (Fsp3) is 1.00. The van der Waals surface area contributed by atoms with Crippen molar-refractivity contribution in [3.05, 3.63) is 0 Å². The van der Waals surface area contributed by atoms with Crippen LogP contribution in [0.3, 0.4) is 0 Å². The minimum absolute atomic E-state index is 0.521. The van der Waals surface area contributed by atoms with Gasteiger partial charge in [-0.1, -0.05) is 12.8 Å². The zero-order valence-corrected chi connectivity index (χ0v) is 11.8. The Morgan fingerprint density at radius 2 is 1.33 bits per heavy atom. The molecule has 2 heteroatoms. The first-order valence-corrected chi connectivity index (χ1v) is 8.05. The number of methoxy groups -OCH3 is 1. The highest BCUT2D eigenvalue weighted by Crippen LogP contribution is 2.40. The van der Waals surface area contributed by atoms with Crippen LogP contribution in [-0.2, 0) is 9.47 Å². The molecule has 0 aromatic heterocycles. The molecule has 0 aromatic carbocycles. The quantitative estimate of drug-likeness (QED) is 0.741. The summed E-state index contributed by atoms with van der Waals surface area (Å²) in [5, 5.41) is 0. The predicted molar refractivity (Wildman–Crippen MR) is 72.6 cm³/mol. The summed E-state index contributed by atoms with van der Waals surface area (Å²) in [5.74, 6) is 1.71. The summed E-state index contributed by atoms with van der Waals surface area (Å²) in [6, 6.07) is 0. The summed E-state index contributed by atoms with van der Waals surface area (Å²) >= 11 is 0. The standard InChI is InChI=1S/C16H28O2/c1-17-14-9-6-13(7-10-14)16-11-8-12-4-2-3-5-15(12)18-16/h12-16H,2-11H2,1H3. The van der Waals surface area contributed by atoms with Gasteiger partial charge in [0.1, 0.15) is 0 Å². The van der Waals surface area contributed by atoms with Gasteiger partial charge in [0.25, 0.3) is 0 Å². The Balaban J connectivity index is 1.51. The van der Waals surface area contributed by atoms with E-state index in [0.29, 0.717) is 18.3 Å². The van der Waals surface area contributed by atoms with Gasteiger partial charge in [-0.15, -0.1) is 0 Å². The van der Waals surface area contributed by atoms with E-state index < -0.39 is 0 Å². The predicted octanol–water partition coefficient (Wildman–Crippen LogP) is 3.93. The van der Waals surface area contributed by atoms with Crippen LogP contribution in [0.2, 0.25) is 0 Å². The molecular weight excluding hydrogens is 224 g/mol. The molecule has 0 bridgehead atoms. The van der Waals surface area contributed by atoms with Crippen molar-refractivity contribution >= 4 is 0 Å². The van der Waals surface area contributed by atoms with E-state index in [0.717, 1.165) is 11.8 Å². The van der Waals surface area contributed by atoms with Gasteiger partial charge in [-0.25, -0.2) is 0 Å². The highest BCUT2D eigenvalue weighted by molar-refractivity contribution is 4.87. The van der Waals surface area contributed by atoms with Gasteiger partial charge in [0.15, 0.2) is 0 Å². The van der Waals surface area contributed by atoms with Crippen LogP contribution in [0.4, 0.5) is 0 Å². The molecule has 3 aliphatic rings. The molecule has 3 rings (SSSR count). The number of hydrogen-bond donors (Lipinski definition) is 0. The lowest BCUT2D eigenvalue weighted by Crippen LogP contribution is -2.41. The lowest BCUT2D eigenvalue weighted by Gasteiger charge is -2.43. The summed E-state index contributed by atoms with van der Waals surface area (Å²) in [6.07, 6.45) is 15.2. The topological polar surface area (TPSA) is 18.5 Å². The molecule has 2 nitrogen and oxygen atoms in total. The molecule has 3 atom stereocenters. The van der Waals surface area contributed by atoms with Crippen molar-refractivity contribution < 1.29 is 9.47 Å². The van der Waals surface area contributed by atoms with Gasteiger partial charge in [-0.3, -0.25) is 0 Å². The van der Waals surface area contributed by atoms with Gasteiger partial charge >= 0.3 is 0 Å². The number of ether oxygens (including phenoxy) is 2. The van der Waals surface area contributed by atoms with Crippen molar-refractivity contribution in [2.75, 3.05) is 7.11 Å². The zero-order chi connectivity index (χ0) is 12.4. The summed E-state index contributed by atoms with van der Waals surface area (Å²) in [5.41, 5.74) is 0. The molecule has 1 aliphatic heterocycles.